The zero-order valence-corrected chi connectivity index (χ0v) is 12.3. The number of halogens is 1. The Morgan fingerprint density at radius 1 is 1.22 bits per heavy atom. The molecule has 0 spiro atoms. The van der Waals surface area contributed by atoms with Gasteiger partial charge in [-0.05, 0) is 56.8 Å². The number of fused-ring (bicyclic) bond motifs is 3. The van der Waals surface area contributed by atoms with E-state index in [0.717, 1.165) is 18.4 Å². The summed E-state index contributed by atoms with van der Waals surface area (Å²) in [5.41, 5.74) is 2.23. The van der Waals surface area contributed by atoms with Gasteiger partial charge in [-0.1, -0.05) is 6.07 Å². The van der Waals surface area contributed by atoms with Crippen LogP contribution in [0.25, 0.3) is 0 Å². The highest BCUT2D eigenvalue weighted by Crippen LogP contribution is 2.45. The normalized spacial score (nSPS) is 26.9. The first-order valence-corrected chi connectivity index (χ1v) is 6.42. The van der Waals surface area contributed by atoms with E-state index >= 15 is 0 Å². The fourth-order valence-corrected chi connectivity index (χ4v) is 3.55. The first-order chi connectivity index (χ1) is 8.18. The number of likely N-dealkylation sites (tertiary alicyclic amines) is 1. The number of hydrogen-bond donors (Lipinski definition) is 2. The molecule has 1 saturated heterocycles. The quantitative estimate of drug-likeness (QED) is 0.724. The van der Waals surface area contributed by atoms with E-state index in [4.69, 9.17) is 0 Å². The molecule has 0 unspecified atom stereocenters. The third-order valence-corrected chi connectivity index (χ3v) is 4.44. The van der Waals surface area contributed by atoms with Crippen molar-refractivity contribution in [2.24, 2.45) is 0 Å². The Hall–Kier alpha value is -0.740. The predicted octanol–water partition coefficient (Wildman–Crippen LogP) is 2.80. The van der Waals surface area contributed by atoms with Gasteiger partial charge in [-0.15, -0.1) is 17.0 Å². The van der Waals surface area contributed by atoms with Crippen LogP contribution in [0.4, 0.5) is 0 Å². The molecule has 2 N–H and O–H groups in total. The second-order valence-corrected chi connectivity index (χ2v) is 5.34. The van der Waals surface area contributed by atoms with E-state index in [-0.39, 0.29) is 28.5 Å². The van der Waals surface area contributed by atoms with Crippen LogP contribution in [0.1, 0.15) is 36.3 Å². The highest BCUT2D eigenvalue weighted by molar-refractivity contribution is 8.93. The van der Waals surface area contributed by atoms with Gasteiger partial charge in [0.1, 0.15) is 0 Å². The van der Waals surface area contributed by atoms with Crippen molar-refractivity contribution in [2.45, 2.75) is 37.6 Å². The molecule has 1 aliphatic heterocycles. The van der Waals surface area contributed by atoms with Gasteiger partial charge in [-0.2, -0.15) is 0 Å². The molecule has 0 bridgehead atoms. The highest BCUT2D eigenvalue weighted by atomic mass is 79.9. The van der Waals surface area contributed by atoms with E-state index in [1.165, 1.54) is 24.9 Å². The van der Waals surface area contributed by atoms with E-state index in [1.54, 1.807) is 6.07 Å². The van der Waals surface area contributed by atoms with Crippen molar-refractivity contribution in [3.63, 3.8) is 0 Å². The summed E-state index contributed by atoms with van der Waals surface area (Å²) in [6, 6.07) is 4.24. The van der Waals surface area contributed by atoms with Crippen LogP contribution in [-0.4, -0.2) is 34.7 Å². The van der Waals surface area contributed by atoms with Crippen LogP contribution < -0.4 is 0 Å². The van der Waals surface area contributed by atoms with E-state index in [1.807, 2.05) is 6.07 Å². The summed E-state index contributed by atoms with van der Waals surface area (Å²) < 4.78 is 0. The Morgan fingerprint density at radius 3 is 2.78 bits per heavy atom. The Bertz CT molecular complexity index is 450. The molecule has 0 radical (unpaired) electrons. The van der Waals surface area contributed by atoms with Gasteiger partial charge in [0, 0.05) is 11.6 Å². The molecule has 1 aromatic rings. The topological polar surface area (TPSA) is 43.7 Å². The molecule has 3 rings (SSSR count). The first-order valence-electron chi connectivity index (χ1n) is 6.42. The Morgan fingerprint density at radius 2 is 2.00 bits per heavy atom. The molecule has 0 aromatic heterocycles. The number of phenolic OH excluding ortho intramolecular Hbond substituents is 2. The van der Waals surface area contributed by atoms with E-state index in [9.17, 15) is 10.2 Å². The summed E-state index contributed by atoms with van der Waals surface area (Å²) in [7, 11) is 2.20. The summed E-state index contributed by atoms with van der Waals surface area (Å²) in [4.78, 5) is 2.45. The minimum absolute atomic E-state index is 0. The summed E-state index contributed by atoms with van der Waals surface area (Å²) in [5.74, 6) is 0.657. The second kappa shape index (κ2) is 5.10. The van der Waals surface area contributed by atoms with Crippen LogP contribution in [0.2, 0.25) is 0 Å². The minimum Gasteiger partial charge on any atom is -0.504 e. The number of likely N-dealkylation sites (N-methyl/N-ethyl adjacent to an activating group) is 1. The lowest BCUT2D eigenvalue weighted by Gasteiger charge is -2.43. The molecular weight excluding hydrogens is 294 g/mol. The van der Waals surface area contributed by atoms with Gasteiger partial charge in [-0.25, -0.2) is 0 Å². The first kappa shape index (κ1) is 13.7. The third kappa shape index (κ3) is 2.01. The molecule has 1 heterocycles. The van der Waals surface area contributed by atoms with Crippen molar-refractivity contribution >= 4 is 17.0 Å². The predicted molar refractivity (Wildman–Crippen MR) is 76.8 cm³/mol. The Kier molecular flexibility index (Phi) is 3.87. The maximum atomic E-state index is 9.94. The van der Waals surface area contributed by atoms with Crippen molar-refractivity contribution in [2.75, 3.05) is 13.6 Å². The Labute approximate surface area is 118 Å². The highest BCUT2D eigenvalue weighted by Gasteiger charge is 2.35. The lowest BCUT2D eigenvalue weighted by molar-refractivity contribution is 0.143. The molecule has 2 atom stereocenters. The van der Waals surface area contributed by atoms with Crippen LogP contribution >= 0.6 is 17.0 Å². The van der Waals surface area contributed by atoms with Gasteiger partial charge in [0.25, 0.3) is 0 Å². The molecule has 1 aromatic carbocycles. The smallest absolute Gasteiger partial charge is 0.160 e. The summed E-state index contributed by atoms with van der Waals surface area (Å²) in [5, 5.41) is 19.5. The van der Waals surface area contributed by atoms with Crippen LogP contribution in [0, 0.1) is 0 Å². The van der Waals surface area contributed by atoms with Gasteiger partial charge < -0.3 is 15.1 Å². The number of aromatic hydroxyl groups is 2. The molecule has 1 fully saturated rings. The monoisotopic (exact) mass is 313 g/mol. The van der Waals surface area contributed by atoms with Crippen molar-refractivity contribution in [1.29, 1.82) is 0 Å². The standard InChI is InChI=1S/C14H19NO2.BrH/c1-15-8-2-3-10-9-5-7-13(16)14(17)11(9)4-6-12(10)15;/h5,7,10,12,16-17H,2-4,6,8H2,1H3;1H/t10-,12-;/m0./s1. The molecule has 18 heavy (non-hydrogen) atoms. The lowest BCUT2D eigenvalue weighted by Crippen LogP contribution is -2.43. The molecule has 1 aliphatic carbocycles. The lowest BCUT2D eigenvalue weighted by atomic mass is 9.74. The van der Waals surface area contributed by atoms with Crippen LogP contribution in [-0.2, 0) is 6.42 Å². The fourth-order valence-electron chi connectivity index (χ4n) is 3.55. The van der Waals surface area contributed by atoms with Gasteiger partial charge in [-0.3, -0.25) is 0 Å². The molecule has 100 valence electrons. The molecule has 2 aliphatic rings. The van der Waals surface area contributed by atoms with Crippen LogP contribution in [0.15, 0.2) is 12.1 Å². The minimum atomic E-state index is 0. The van der Waals surface area contributed by atoms with Gasteiger partial charge in [0.2, 0.25) is 0 Å². The zero-order chi connectivity index (χ0) is 12.0. The van der Waals surface area contributed by atoms with Crippen molar-refractivity contribution in [1.82, 2.24) is 4.90 Å². The number of hydrogen-bond acceptors (Lipinski definition) is 3. The van der Waals surface area contributed by atoms with Gasteiger partial charge in [0.05, 0.1) is 0 Å². The van der Waals surface area contributed by atoms with Crippen molar-refractivity contribution < 1.29 is 10.2 Å². The van der Waals surface area contributed by atoms with Gasteiger partial charge in [0.15, 0.2) is 11.5 Å². The van der Waals surface area contributed by atoms with Crippen molar-refractivity contribution in [3.8, 4) is 11.5 Å². The van der Waals surface area contributed by atoms with E-state index in [2.05, 4.69) is 11.9 Å². The van der Waals surface area contributed by atoms with Crippen LogP contribution in [0.5, 0.6) is 11.5 Å². The fraction of sp³-hybridized carbons (Fsp3) is 0.571. The third-order valence-electron chi connectivity index (χ3n) is 4.44. The summed E-state index contributed by atoms with van der Waals surface area (Å²) >= 11 is 0. The van der Waals surface area contributed by atoms with E-state index in [0.29, 0.717) is 12.0 Å². The summed E-state index contributed by atoms with van der Waals surface area (Å²) in [6.07, 6.45) is 4.39. The number of rotatable bonds is 0. The summed E-state index contributed by atoms with van der Waals surface area (Å²) in [6.45, 7) is 1.18. The number of benzene rings is 1. The van der Waals surface area contributed by atoms with E-state index < -0.39 is 0 Å². The van der Waals surface area contributed by atoms with Crippen LogP contribution in [0.3, 0.4) is 0 Å². The number of phenols is 2. The van der Waals surface area contributed by atoms with Crippen molar-refractivity contribution in [3.05, 3.63) is 23.3 Å². The second-order valence-electron chi connectivity index (χ2n) is 5.34. The molecule has 3 nitrogen and oxygen atoms in total. The molecule has 0 saturated carbocycles. The SMILES string of the molecule is Br.CN1CCC[C@H]2c3ccc(O)c(O)c3CC[C@@H]21. The largest absolute Gasteiger partial charge is 0.504 e. The molecule has 4 heteroatoms. The maximum Gasteiger partial charge on any atom is 0.160 e. The zero-order valence-electron chi connectivity index (χ0n) is 10.6. The molecule has 0 amide bonds. The number of piperidine rings is 1. The average Bonchev–Trinajstić information content (AvgIpc) is 2.34. The number of nitrogens with zero attached hydrogens (tertiary/aromatic N) is 1. The Balaban J connectivity index is 0.00000120. The van der Waals surface area contributed by atoms with Gasteiger partial charge >= 0.3 is 0 Å². The molecular formula is C14H20BrNO2. The maximum absolute atomic E-state index is 9.94. The average molecular weight is 314 g/mol.